The third-order valence-electron chi connectivity index (χ3n) is 5.44. The first-order valence-electron chi connectivity index (χ1n) is 11.1. The molecule has 2 atom stereocenters. The molecule has 174 valence electrons. The summed E-state index contributed by atoms with van der Waals surface area (Å²) in [4.78, 5) is 16.9. The summed E-state index contributed by atoms with van der Waals surface area (Å²) in [7, 11) is -4.59. The summed E-state index contributed by atoms with van der Waals surface area (Å²) in [6.07, 6.45) is 12.4. The van der Waals surface area contributed by atoms with Crippen molar-refractivity contribution >= 4 is 21.7 Å². The van der Waals surface area contributed by atoms with Gasteiger partial charge in [-0.1, -0.05) is 57.9 Å². The largest absolute Gasteiger partial charge is 1.00 e. The minimum absolute atomic E-state index is 0. The second-order valence-electron chi connectivity index (χ2n) is 8.11. The smallest absolute Gasteiger partial charge is 0.748 e. The summed E-state index contributed by atoms with van der Waals surface area (Å²) in [5.74, 6) is -1.01. The predicted molar refractivity (Wildman–Crippen MR) is 116 cm³/mol. The molecule has 0 bridgehead atoms. The summed E-state index contributed by atoms with van der Waals surface area (Å²) < 4.78 is 32.7. The molecule has 0 saturated heterocycles. The van der Waals surface area contributed by atoms with Gasteiger partial charge in [0.1, 0.15) is 25.7 Å². The molecule has 0 aliphatic carbocycles. The molecular weight excluding hydrogens is 431 g/mol. The van der Waals surface area contributed by atoms with Crippen LogP contribution in [0.3, 0.4) is 0 Å². The average molecular weight is 470 g/mol. The van der Waals surface area contributed by atoms with Gasteiger partial charge in [-0.25, -0.2) is 13.4 Å². The number of carbonyl (C=O) groups is 1. The van der Waals surface area contributed by atoms with Gasteiger partial charge in [0.25, 0.3) is 11.6 Å². The molecule has 0 saturated carbocycles. The minimum atomic E-state index is -4.59. The Morgan fingerprint density at radius 3 is 2.39 bits per heavy atom. The van der Waals surface area contributed by atoms with Gasteiger partial charge in [-0.15, -0.1) is 0 Å². The van der Waals surface area contributed by atoms with Gasteiger partial charge in [-0.05, 0) is 18.9 Å². The zero-order valence-corrected chi connectivity index (χ0v) is 22.0. The zero-order valence-electron chi connectivity index (χ0n) is 19.2. The molecular formula is C21H38N2NaO6S+. The van der Waals surface area contributed by atoms with Crippen LogP contribution in [0.15, 0.2) is 17.1 Å². The number of rotatable bonds is 17. The van der Waals surface area contributed by atoms with Crippen LogP contribution >= 0.6 is 0 Å². The van der Waals surface area contributed by atoms with Crippen LogP contribution in [0.4, 0.5) is 0 Å². The number of allylic oxidation sites excluding steroid dienone is 1. The van der Waals surface area contributed by atoms with E-state index in [9.17, 15) is 28.0 Å². The third kappa shape index (κ3) is 12.6. The van der Waals surface area contributed by atoms with Crippen LogP contribution in [0.5, 0.6) is 0 Å². The number of aliphatic imine (C=N–C) groups is 1. The van der Waals surface area contributed by atoms with Gasteiger partial charge in [-0.3, -0.25) is 9.28 Å². The van der Waals surface area contributed by atoms with Crippen molar-refractivity contribution in [2.24, 2.45) is 4.99 Å². The van der Waals surface area contributed by atoms with E-state index in [1.165, 1.54) is 44.6 Å². The summed E-state index contributed by atoms with van der Waals surface area (Å²) in [6.45, 7) is 2.68. The summed E-state index contributed by atoms with van der Waals surface area (Å²) in [5.41, 5.74) is 0. The molecule has 2 unspecified atom stereocenters. The zero-order chi connectivity index (χ0) is 22.5. The number of amidine groups is 1. The first kappa shape index (κ1) is 30.9. The average Bonchev–Trinajstić information content (AvgIpc) is 3.04. The molecule has 0 aromatic rings. The van der Waals surface area contributed by atoms with Crippen molar-refractivity contribution < 1.29 is 62.0 Å². The number of nitrogens with zero attached hydrogens (tertiary/aromatic N) is 2. The van der Waals surface area contributed by atoms with E-state index in [2.05, 4.69) is 11.9 Å². The topological polar surface area (TPSA) is 127 Å². The number of carbonyl (C=O) groups excluding carboxylic acids is 1. The maximum absolute atomic E-state index is 12.7. The molecule has 0 radical (unpaired) electrons. The summed E-state index contributed by atoms with van der Waals surface area (Å²) in [6, 6.07) is 0. The molecule has 0 fully saturated rings. The Morgan fingerprint density at radius 2 is 1.81 bits per heavy atom. The molecule has 0 aromatic carbocycles. The molecule has 1 aliphatic heterocycles. The molecule has 1 aliphatic rings. The molecule has 31 heavy (non-hydrogen) atoms. The number of hydrogen-bond donors (Lipinski definition) is 2. The number of ketones is 1. The van der Waals surface area contributed by atoms with Crippen molar-refractivity contribution in [2.75, 3.05) is 38.5 Å². The van der Waals surface area contributed by atoms with Gasteiger partial charge in [0.05, 0.1) is 29.0 Å². The van der Waals surface area contributed by atoms with Crippen molar-refractivity contribution in [1.82, 2.24) is 0 Å². The number of aliphatic hydroxyl groups excluding tert-OH is 2. The van der Waals surface area contributed by atoms with Crippen LogP contribution < -0.4 is 29.6 Å². The van der Waals surface area contributed by atoms with Crippen LogP contribution in [-0.2, 0) is 14.9 Å². The fraction of sp³-hybridized carbons (Fsp3) is 0.810. The fourth-order valence-corrected chi connectivity index (χ4v) is 4.52. The van der Waals surface area contributed by atoms with E-state index < -0.39 is 22.0 Å². The van der Waals surface area contributed by atoms with E-state index in [0.717, 1.165) is 19.3 Å². The molecule has 1 rings (SSSR count). The van der Waals surface area contributed by atoms with Gasteiger partial charge in [0.2, 0.25) is 0 Å². The van der Waals surface area contributed by atoms with Crippen LogP contribution in [-0.4, -0.2) is 83.9 Å². The first-order valence-corrected chi connectivity index (χ1v) is 12.7. The van der Waals surface area contributed by atoms with Crippen molar-refractivity contribution in [2.45, 2.75) is 70.8 Å². The van der Waals surface area contributed by atoms with Gasteiger partial charge in [0.15, 0.2) is 0 Å². The Labute approximate surface area is 209 Å². The Kier molecular flexibility index (Phi) is 16.4. The van der Waals surface area contributed by atoms with Crippen molar-refractivity contribution in [1.29, 1.82) is 0 Å². The van der Waals surface area contributed by atoms with Crippen LogP contribution in [0.2, 0.25) is 0 Å². The molecule has 8 nitrogen and oxygen atoms in total. The number of unbranched alkanes of at least 4 members (excludes halogenated alkanes) is 8. The van der Waals surface area contributed by atoms with Crippen LogP contribution in [0, 0.1) is 0 Å². The fourth-order valence-electron chi connectivity index (χ4n) is 3.95. The van der Waals surface area contributed by atoms with Crippen molar-refractivity contribution in [3.63, 3.8) is 0 Å². The second kappa shape index (κ2) is 16.5. The summed E-state index contributed by atoms with van der Waals surface area (Å²) >= 11 is 0. The van der Waals surface area contributed by atoms with Gasteiger partial charge in [-0.2, -0.15) is 0 Å². The van der Waals surface area contributed by atoms with E-state index in [1.807, 2.05) is 6.08 Å². The Hall–Kier alpha value is -0.130. The molecule has 0 spiro atoms. The maximum Gasteiger partial charge on any atom is 1.00 e. The molecule has 2 N–H and O–H groups in total. The van der Waals surface area contributed by atoms with E-state index in [1.54, 1.807) is 0 Å². The van der Waals surface area contributed by atoms with E-state index in [4.69, 9.17) is 0 Å². The van der Waals surface area contributed by atoms with Crippen LogP contribution in [0.25, 0.3) is 0 Å². The molecule has 1 heterocycles. The maximum atomic E-state index is 12.7. The third-order valence-corrected chi connectivity index (χ3v) is 6.23. The van der Waals surface area contributed by atoms with E-state index >= 15 is 0 Å². The number of hydrogen-bond acceptors (Lipinski definition) is 7. The van der Waals surface area contributed by atoms with Gasteiger partial charge >= 0.3 is 29.6 Å². The number of aliphatic hydroxyl groups is 2. The minimum Gasteiger partial charge on any atom is -0.748 e. The Balaban J connectivity index is 0.00000900. The van der Waals surface area contributed by atoms with Gasteiger partial charge < -0.3 is 14.8 Å². The molecule has 0 amide bonds. The Morgan fingerprint density at radius 1 is 1.19 bits per heavy atom. The molecule has 10 heteroatoms. The summed E-state index contributed by atoms with van der Waals surface area (Å²) in [5, 5.41) is 19.5. The van der Waals surface area contributed by atoms with Crippen molar-refractivity contribution in [3.05, 3.63) is 12.2 Å². The standard InChI is InChI=1S/C21H38N2O6S.Na/c1-2-3-4-5-6-7-8-9-10-11-12-20(26)21-22-13-14-23(21,15-16-24)17-19(25)18-30(27,28)29;/h11-12,19,24-25H,2-10,13-18H2,1H3;/q;+1/b12-11+;. The Bertz CT molecular complexity index is 683. The normalized spacial score (nSPS) is 19.9. The number of quaternary nitrogens is 1. The second-order valence-corrected chi connectivity index (χ2v) is 9.56. The monoisotopic (exact) mass is 469 g/mol. The predicted octanol–water partition coefficient (Wildman–Crippen LogP) is -1.23. The first-order chi connectivity index (χ1) is 14.2. The SMILES string of the molecule is CCCCCCCCCC/C=C/C(=O)C1=NCC[N+]1(CCO)CC(O)CS(=O)(=O)[O-].[Na+]. The molecule has 0 aromatic heterocycles. The van der Waals surface area contributed by atoms with Crippen LogP contribution in [0.1, 0.15) is 64.7 Å². The van der Waals surface area contributed by atoms with E-state index in [0.29, 0.717) is 13.1 Å². The quantitative estimate of drug-likeness (QED) is 0.0903. The van der Waals surface area contributed by atoms with E-state index in [-0.39, 0.29) is 65.4 Å². The van der Waals surface area contributed by atoms with Crippen molar-refractivity contribution in [3.8, 4) is 0 Å². The van der Waals surface area contributed by atoms with Gasteiger partial charge in [0, 0.05) is 0 Å².